The zero-order valence-electron chi connectivity index (χ0n) is 4.56. The predicted octanol–water partition coefficient (Wildman–Crippen LogP) is 1.73. The average Bonchev–Trinajstić information content (AvgIpc) is 2.11. The van der Waals surface area contributed by atoms with Crippen molar-refractivity contribution >= 4 is 17.8 Å². The highest BCUT2D eigenvalue weighted by atomic mass is 35.5. The molecule has 55 valence electrons. The molecular weight excluding hydrogens is 169 g/mol. The molecule has 10 heavy (non-hydrogen) atoms. The van der Waals surface area contributed by atoms with Gasteiger partial charge in [0.1, 0.15) is 5.01 Å². The highest BCUT2D eigenvalue weighted by Crippen LogP contribution is 2.26. The largest absolute Gasteiger partial charge is 0.642 e. The van der Waals surface area contributed by atoms with E-state index in [1.807, 2.05) is 0 Å². The number of rotatable bonds is 0. The maximum Gasteiger partial charge on any atom is 0.642 e. The maximum atomic E-state index is 11.7. The molecule has 0 aromatic rings. The Labute approximate surface area is 59.6 Å². The van der Waals surface area contributed by atoms with E-state index in [1.54, 1.807) is 0 Å². The molecule has 0 N–H and O–H groups in total. The number of hydrazone groups is 1. The van der Waals surface area contributed by atoms with Crippen LogP contribution in [0.1, 0.15) is 0 Å². The van der Waals surface area contributed by atoms with Crippen LogP contribution in [0.15, 0.2) is 16.3 Å². The Morgan fingerprint density at radius 1 is 1.50 bits per heavy atom. The van der Waals surface area contributed by atoms with Crippen molar-refractivity contribution in [2.75, 3.05) is 0 Å². The molecule has 1 aliphatic rings. The zero-order chi connectivity index (χ0) is 7.78. The van der Waals surface area contributed by atoms with Crippen molar-refractivity contribution in [3.05, 3.63) is 11.2 Å². The highest BCUT2D eigenvalue weighted by molar-refractivity contribution is 6.31. The summed E-state index contributed by atoms with van der Waals surface area (Å²) >= 11 is 5.10. The van der Waals surface area contributed by atoms with Crippen LogP contribution in [0.2, 0.25) is 0 Å². The Morgan fingerprint density at radius 3 is 2.30 bits per heavy atom. The van der Waals surface area contributed by atoms with Gasteiger partial charge in [-0.25, -0.2) is 0 Å². The van der Waals surface area contributed by atoms with Crippen molar-refractivity contribution < 1.29 is 13.2 Å². The van der Waals surface area contributed by atoms with Crippen molar-refractivity contribution in [1.82, 2.24) is 5.01 Å². The van der Waals surface area contributed by atoms with E-state index in [4.69, 9.17) is 11.6 Å². The van der Waals surface area contributed by atoms with Crippen molar-refractivity contribution in [3.63, 3.8) is 0 Å². The Bertz CT molecular complexity index is 195. The molecule has 0 spiro atoms. The fourth-order valence-electron chi connectivity index (χ4n) is 0.474. The van der Waals surface area contributed by atoms with Crippen LogP contribution in [0.25, 0.3) is 0 Å². The van der Waals surface area contributed by atoms with Crippen molar-refractivity contribution in [1.29, 1.82) is 0 Å². The smallest absolute Gasteiger partial charge is 0.109 e. The first-order chi connectivity index (χ1) is 4.52. The third-order valence-electron chi connectivity index (χ3n) is 0.837. The van der Waals surface area contributed by atoms with Gasteiger partial charge in [-0.05, 0) is 16.7 Å². The summed E-state index contributed by atoms with van der Waals surface area (Å²) in [4.78, 5) is 0. The van der Waals surface area contributed by atoms with Gasteiger partial charge in [0.25, 0.3) is 5.16 Å². The van der Waals surface area contributed by atoms with Gasteiger partial charge in [-0.3, -0.25) is 0 Å². The van der Waals surface area contributed by atoms with Gasteiger partial charge in [-0.15, -0.1) is 13.2 Å². The molecule has 0 atom stereocenters. The lowest BCUT2D eigenvalue weighted by molar-refractivity contribution is -0.188. The van der Waals surface area contributed by atoms with Gasteiger partial charge in [-0.2, -0.15) is 0 Å². The quantitative estimate of drug-likeness (QED) is 0.389. The normalized spacial score (nSPS) is 19.8. The summed E-state index contributed by atoms with van der Waals surface area (Å²) in [5.41, 5.74) is 0. The van der Waals surface area contributed by atoms with E-state index in [-0.39, 0.29) is 5.01 Å². The third kappa shape index (κ3) is 1.30. The van der Waals surface area contributed by atoms with Crippen LogP contribution in [0.5, 0.6) is 0 Å². The minimum Gasteiger partial charge on any atom is -0.109 e. The molecule has 0 amide bonds. The van der Waals surface area contributed by atoms with Crippen LogP contribution in [0.3, 0.4) is 0 Å². The van der Waals surface area contributed by atoms with Crippen LogP contribution in [0, 0.1) is 0 Å². The van der Waals surface area contributed by atoms with E-state index in [9.17, 15) is 13.2 Å². The monoisotopic (exact) mass is 170 g/mol. The molecule has 0 saturated carbocycles. The van der Waals surface area contributed by atoms with Gasteiger partial charge in [-0.1, -0.05) is 0 Å². The Balaban J connectivity index is 2.76. The molecule has 1 radical (unpaired) electrons. The number of hydrogen-bond donors (Lipinski definition) is 0. The predicted molar refractivity (Wildman–Crippen MR) is 30.6 cm³/mol. The Morgan fingerprint density at radius 2 is 2.10 bits per heavy atom. The molecule has 1 heterocycles. The summed E-state index contributed by atoms with van der Waals surface area (Å²) in [5.74, 6) is 0. The van der Waals surface area contributed by atoms with E-state index in [2.05, 4.69) is 5.10 Å². The topological polar surface area (TPSA) is 18.3 Å². The van der Waals surface area contributed by atoms with E-state index >= 15 is 0 Å². The van der Waals surface area contributed by atoms with Crippen molar-refractivity contribution in [3.8, 4) is 0 Å². The van der Waals surface area contributed by atoms with Crippen LogP contribution < -0.4 is 5.01 Å². The lowest BCUT2D eigenvalue weighted by Crippen LogP contribution is -2.34. The molecular formula is C4H2ClF3N2+. The number of hydrogen-bond acceptors (Lipinski definition) is 2. The average molecular weight is 171 g/mol. The van der Waals surface area contributed by atoms with Gasteiger partial charge in [0, 0.05) is 6.08 Å². The minimum atomic E-state index is -4.51. The van der Waals surface area contributed by atoms with E-state index in [1.165, 1.54) is 0 Å². The molecule has 0 aromatic carbocycles. The van der Waals surface area contributed by atoms with Crippen LogP contribution in [-0.2, 0) is 0 Å². The lowest BCUT2D eigenvalue weighted by Gasteiger charge is -2.00. The second-order valence-corrected chi connectivity index (χ2v) is 1.92. The summed E-state index contributed by atoms with van der Waals surface area (Å²) < 4.78 is 35.1. The SMILES string of the molecule is FC(F)(F)[N+]1N=CC=C1Cl. The molecule has 1 aliphatic heterocycles. The number of nitrogens with zero attached hydrogens (tertiary/aromatic N) is 2. The minimum absolute atomic E-state index is 0.214. The molecule has 0 bridgehead atoms. The molecule has 0 saturated heterocycles. The summed E-state index contributed by atoms with van der Waals surface area (Å²) in [7, 11) is 0. The molecule has 6 heteroatoms. The summed E-state index contributed by atoms with van der Waals surface area (Å²) in [6.45, 7) is 0. The number of alkyl halides is 3. The summed E-state index contributed by atoms with van der Waals surface area (Å²) in [5, 5.41) is 2.30. The summed E-state index contributed by atoms with van der Waals surface area (Å²) in [6, 6.07) is 0. The van der Waals surface area contributed by atoms with Crippen LogP contribution >= 0.6 is 11.6 Å². The van der Waals surface area contributed by atoms with E-state index < -0.39 is 11.5 Å². The maximum absolute atomic E-state index is 11.7. The third-order valence-corrected chi connectivity index (χ3v) is 1.12. The van der Waals surface area contributed by atoms with Gasteiger partial charge >= 0.3 is 6.30 Å². The second-order valence-electron chi connectivity index (χ2n) is 1.53. The zero-order valence-corrected chi connectivity index (χ0v) is 5.32. The van der Waals surface area contributed by atoms with E-state index in [0.717, 1.165) is 12.3 Å². The van der Waals surface area contributed by atoms with Gasteiger partial charge in [0.2, 0.25) is 0 Å². The lowest BCUT2D eigenvalue weighted by atomic mass is 10.7. The molecule has 0 fully saturated rings. The molecule has 0 aliphatic carbocycles. The second kappa shape index (κ2) is 2.25. The van der Waals surface area contributed by atoms with Crippen molar-refractivity contribution in [2.45, 2.75) is 6.30 Å². The first-order valence-electron chi connectivity index (χ1n) is 2.28. The van der Waals surface area contributed by atoms with Gasteiger partial charge < -0.3 is 0 Å². The molecule has 2 nitrogen and oxygen atoms in total. The van der Waals surface area contributed by atoms with Crippen molar-refractivity contribution in [2.24, 2.45) is 5.10 Å². The number of halogens is 4. The number of allylic oxidation sites excluding steroid dienone is 1. The van der Waals surface area contributed by atoms with E-state index in [0.29, 0.717) is 0 Å². The van der Waals surface area contributed by atoms with Gasteiger partial charge in [0.15, 0.2) is 0 Å². The van der Waals surface area contributed by atoms with Crippen LogP contribution in [-0.4, -0.2) is 12.5 Å². The first-order valence-corrected chi connectivity index (χ1v) is 2.66. The molecule has 0 unspecified atom stereocenters. The van der Waals surface area contributed by atoms with Gasteiger partial charge in [0.05, 0.1) is 6.21 Å². The molecule has 0 aromatic heterocycles. The Kier molecular flexibility index (Phi) is 1.70. The summed E-state index contributed by atoms with van der Waals surface area (Å²) in [6.07, 6.45) is -2.47. The standard InChI is InChI=1S/C4H2ClF3N2/c5-3-1-2-9-10(3)4(6,7)8/h1-2H/q+1. The Hall–Kier alpha value is -0.550. The van der Waals surface area contributed by atoms with Crippen LogP contribution in [0.4, 0.5) is 13.2 Å². The fraction of sp³-hybridized carbons (Fsp3) is 0.250. The first kappa shape index (κ1) is 7.56. The fourth-order valence-corrected chi connectivity index (χ4v) is 0.670. The molecule has 1 rings (SSSR count). The highest BCUT2D eigenvalue weighted by Gasteiger charge is 2.54.